The van der Waals surface area contributed by atoms with Crippen molar-refractivity contribution in [3.63, 3.8) is 0 Å². The van der Waals surface area contributed by atoms with Crippen molar-refractivity contribution in [3.05, 3.63) is 66.5 Å². The van der Waals surface area contributed by atoms with Crippen molar-refractivity contribution in [2.45, 2.75) is 24.9 Å². The molecule has 0 atom stereocenters. The molecule has 0 fully saturated rings. The van der Waals surface area contributed by atoms with Gasteiger partial charge in [0.1, 0.15) is 12.1 Å². The summed E-state index contributed by atoms with van der Waals surface area (Å²) in [6.07, 6.45) is 3.93. The van der Waals surface area contributed by atoms with Gasteiger partial charge in [-0.15, -0.1) is 0 Å². The summed E-state index contributed by atoms with van der Waals surface area (Å²) in [5.74, 6) is 2.56. The zero-order valence-corrected chi connectivity index (χ0v) is 18.0. The van der Waals surface area contributed by atoms with E-state index in [1.54, 1.807) is 25.2 Å². The molecule has 0 unspecified atom stereocenters. The number of nitrogens with zero attached hydrogens (tertiary/aromatic N) is 4. The third-order valence-electron chi connectivity index (χ3n) is 4.75. The fraction of sp³-hybridized carbons (Fsp3) is 0.261. The van der Waals surface area contributed by atoms with E-state index in [0.717, 1.165) is 58.7 Å². The standard InChI is InChI=1S/C23H25N5OS/c1-3-24-21-20-22(28(16-25-20)18-11-13-19(29-2)14-12-18)27-23(26-21)30-15-7-10-17-8-5-4-6-9-17/h4-6,8-9,11-14,16H,3,7,10,15H2,1-2H3,(H,24,26,27). The topological polar surface area (TPSA) is 64.9 Å². The van der Waals surface area contributed by atoms with Crippen LogP contribution >= 0.6 is 11.8 Å². The van der Waals surface area contributed by atoms with E-state index in [1.165, 1.54) is 5.56 Å². The number of nitrogens with one attached hydrogen (secondary N) is 1. The van der Waals surface area contributed by atoms with Crippen molar-refractivity contribution in [2.75, 3.05) is 24.7 Å². The van der Waals surface area contributed by atoms with Crippen LogP contribution in [0.5, 0.6) is 5.75 Å². The fourth-order valence-electron chi connectivity index (χ4n) is 3.25. The van der Waals surface area contributed by atoms with Crippen molar-refractivity contribution < 1.29 is 4.74 Å². The van der Waals surface area contributed by atoms with E-state index < -0.39 is 0 Å². The lowest BCUT2D eigenvalue weighted by Gasteiger charge is -2.09. The summed E-state index contributed by atoms with van der Waals surface area (Å²) in [5, 5.41) is 4.10. The summed E-state index contributed by atoms with van der Waals surface area (Å²) in [5.41, 5.74) is 3.93. The summed E-state index contributed by atoms with van der Waals surface area (Å²) in [4.78, 5) is 14.1. The highest BCUT2D eigenvalue weighted by molar-refractivity contribution is 7.99. The second-order valence-electron chi connectivity index (χ2n) is 6.81. The number of aryl methyl sites for hydroxylation is 1. The van der Waals surface area contributed by atoms with Crippen LogP contribution < -0.4 is 10.1 Å². The van der Waals surface area contributed by atoms with Crippen LogP contribution in [0.2, 0.25) is 0 Å². The van der Waals surface area contributed by atoms with Crippen LogP contribution in [0.4, 0.5) is 5.82 Å². The third kappa shape index (κ3) is 4.57. The lowest BCUT2D eigenvalue weighted by Crippen LogP contribution is -2.04. The highest BCUT2D eigenvalue weighted by Crippen LogP contribution is 2.26. The Hall–Kier alpha value is -3.06. The van der Waals surface area contributed by atoms with Gasteiger partial charge < -0.3 is 10.1 Å². The monoisotopic (exact) mass is 419 g/mol. The Morgan fingerprint density at radius 1 is 1.03 bits per heavy atom. The van der Waals surface area contributed by atoms with Gasteiger partial charge in [-0.25, -0.2) is 15.0 Å². The van der Waals surface area contributed by atoms with Crippen LogP contribution in [-0.4, -0.2) is 38.9 Å². The Kier molecular flexibility index (Phi) is 6.49. The van der Waals surface area contributed by atoms with Crippen molar-refractivity contribution in [2.24, 2.45) is 0 Å². The minimum absolute atomic E-state index is 0.766. The number of ether oxygens (including phenoxy) is 1. The van der Waals surface area contributed by atoms with Crippen LogP contribution in [0.15, 0.2) is 66.1 Å². The molecule has 6 nitrogen and oxygen atoms in total. The number of benzene rings is 2. The van der Waals surface area contributed by atoms with E-state index >= 15 is 0 Å². The maximum absolute atomic E-state index is 5.27. The molecule has 0 amide bonds. The van der Waals surface area contributed by atoms with Gasteiger partial charge in [-0.2, -0.15) is 0 Å². The molecule has 154 valence electrons. The number of imidazole rings is 1. The zero-order valence-electron chi connectivity index (χ0n) is 17.2. The molecule has 30 heavy (non-hydrogen) atoms. The molecular formula is C23H25N5OS. The molecule has 1 N–H and O–H groups in total. The number of methoxy groups -OCH3 is 1. The zero-order chi connectivity index (χ0) is 20.8. The first-order valence-electron chi connectivity index (χ1n) is 10.1. The molecule has 0 aliphatic carbocycles. The molecule has 0 saturated heterocycles. The molecule has 4 aromatic rings. The normalized spacial score (nSPS) is 11.0. The third-order valence-corrected chi connectivity index (χ3v) is 5.69. The molecule has 0 saturated carbocycles. The SMILES string of the molecule is CCNc1nc(SCCCc2ccccc2)nc2c1ncn2-c1ccc(OC)cc1. The van der Waals surface area contributed by atoms with Gasteiger partial charge in [0, 0.05) is 18.0 Å². The summed E-state index contributed by atoms with van der Waals surface area (Å²) in [6.45, 7) is 2.83. The first-order valence-corrected chi connectivity index (χ1v) is 11.1. The van der Waals surface area contributed by atoms with E-state index in [2.05, 4.69) is 47.6 Å². The average Bonchev–Trinajstić information content (AvgIpc) is 3.22. The first-order chi connectivity index (χ1) is 14.8. The number of aromatic nitrogens is 4. The van der Waals surface area contributed by atoms with Crippen LogP contribution in [0, 0.1) is 0 Å². The minimum Gasteiger partial charge on any atom is -0.497 e. The van der Waals surface area contributed by atoms with Gasteiger partial charge in [0.25, 0.3) is 0 Å². The van der Waals surface area contributed by atoms with Crippen molar-refractivity contribution in [3.8, 4) is 11.4 Å². The van der Waals surface area contributed by atoms with E-state index in [4.69, 9.17) is 14.7 Å². The van der Waals surface area contributed by atoms with Gasteiger partial charge in [-0.05, 0) is 49.6 Å². The predicted molar refractivity (Wildman–Crippen MR) is 123 cm³/mol. The number of hydrogen-bond donors (Lipinski definition) is 1. The Balaban J connectivity index is 1.56. The Bertz CT molecular complexity index is 1100. The van der Waals surface area contributed by atoms with Gasteiger partial charge >= 0.3 is 0 Å². The molecule has 0 radical (unpaired) electrons. The highest BCUT2D eigenvalue weighted by Gasteiger charge is 2.14. The van der Waals surface area contributed by atoms with Gasteiger partial charge in [0.05, 0.1) is 7.11 Å². The van der Waals surface area contributed by atoms with E-state index in [9.17, 15) is 0 Å². The average molecular weight is 420 g/mol. The lowest BCUT2D eigenvalue weighted by molar-refractivity contribution is 0.415. The molecule has 0 bridgehead atoms. The van der Waals surface area contributed by atoms with Crippen LogP contribution in [-0.2, 0) is 6.42 Å². The molecule has 2 heterocycles. The fourth-order valence-corrected chi connectivity index (χ4v) is 4.03. The Labute approximate surface area is 180 Å². The molecule has 2 aromatic carbocycles. The maximum atomic E-state index is 5.27. The molecule has 0 aliphatic heterocycles. The number of fused-ring (bicyclic) bond motifs is 1. The highest BCUT2D eigenvalue weighted by atomic mass is 32.2. The quantitative estimate of drug-likeness (QED) is 0.234. The summed E-state index contributed by atoms with van der Waals surface area (Å²) >= 11 is 1.68. The number of rotatable bonds is 9. The Morgan fingerprint density at radius 3 is 2.57 bits per heavy atom. The predicted octanol–water partition coefficient (Wildman–Crippen LogP) is 4.98. The van der Waals surface area contributed by atoms with Crippen LogP contribution in [0.25, 0.3) is 16.9 Å². The molecule has 4 rings (SSSR count). The largest absolute Gasteiger partial charge is 0.497 e. The molecule has 0 aliphatic rings. The van der Waals surface area contributed by atoms with E-state index in [-0.39, 0.29) is 0 Å². The first kappa shape index (κ1) is 20.2. The van der Waals surface area contributed by atoms with Crippen molar-refractivity contribution in [1.82, 2.24) is 19.5 Å². The van der Waals surface area contributed by atoms with E-state index in [0.29, 0.717) is 0 Å². The van der Waals surface area contributed by atoms with Crippen LogP contribution in [0.1, 0.15) is 18.9 Å². The van der Waals surface area contributed by atoms with Gasteiger partial charge in [0.2, 0.25) is 0 Å². The van der Waals surface area contributed by atoms with Crippen molar-refractivity contribution in [1.29, 1.82) is 0 Å². The summed E-state index contributed by atoms with van der Waals surface area (Å²) in [7, 11) is 1.67. The molecular weight excluding hydrogens is 394 g/mol. The number of hydrogen-bond acceptors (Lipinski definition) is 6. The lowest BCUT2D eigenvalue weighted by atomic mass is 10.1. The summed E-state index contributed by atoms with van der Waals surface area (Å²) in [6, 6.07) is 18.4. The van der Waals surface area contributed by atoms with Crippen molar-refractivity contribution >= 4 is 28.7 Å². The smallest absolute Gasteiger partial charge is 0.191 e. The second-order valence-corrected chi connectivity index (χ2v) is 7.87. The number of anilines is 1. The van der Waals surface area contributed by atoms with Gasteiger partial charge in [-0.1, -0.05) is 42.1 Å². The molecule has 0 spiro atoms. The molecule has 7 heteroatoms. The van der Waals surface area contributed by atoms with Gasteiger partial charge in [0.15, 0.2) is 22.1 Å². The Morgan fingerprint density at radius 2 is 1.83 bits per heavy atom. The minimum atomic E-state index is 0.766. The van der Waals surface area contributed by atoms with Crippen LogP contribution in [0.3, 0.4) is 0 Å². The summed E-state index contributed by atoms with van der Waals surface area (Å²) < 4.78 is 7.26. The maximum Gasteiger partial charge on any atom is 0.191 e. The van der Waals surface area contributed by atoms with E-state index in [1.807, 2.05) is 28.8 Å². The number of thioether (sulfide) groups is 1. The second kappa shape index (κ2) is 9.63. The van der Waals surface area contributed by atoms with Gasteiger partial charge in [-0.3, -0.25) is 4.57 Å². The molecule has 2 aromatic heterocycles.